The minimum Gasteiger partial charge on any atom is -0.481 e. The molecule has 3 aromatic carbocycles. The molecule has 1 N–H and O–H groups in total. The Labute approximate surface area is 165 Å². The number of benzene rings is 3. The third kappa shape index (κ3) is 5.24. The number of hydrogen-bond acceptors (Lipinski definition) is 2. The van der Waals surface area contributed by atoms with Crippen LogP contribution in [0.2, 0.25) is 5.02 Å². The van der Waals surface area contributed by atoms with Crippen molar-refractivity contribution in [2.45, 2.75) is 32.3 Å². The molecule has 4 heteroatoms. The molecule has 0 saturated carbocycles. The maximum atomic E-state index is 12.5. The Balaban J connectivity index is 1.51. The van der Waals surface area contributed by atoms with Gasteiger partial charge in [-0.05, 0) is 53.8 Å². The van der Waals surface area contributed by atoms with E-state index in [9.17, 15) is 4.79 Å². The first-order valence-electron chi connectivity index (χ1n) is 9.34. The molecule has 0 aliphatic rings. The average Bonchev–Trinajstić information content (AvgIpc) is 2.70. The third-order valence-electron chi connectivity index (χ3n) is 4.54. The first-order valence-corrected chi connectivity index (χ1v) is 9.71. The zero-order valence-corrected chi connectivity index (χ0v) is 16.2. The molecule has 1 atom stereocenters. The number of aryl methyl sites for hydroxylation is 1. The Morgan fingerprint density at radius 3 is 2.56 bits per heavy atom. The van der Waals surface area contributed by atoms with Crippen LogP contribution in [0.4, 0.5) is 0 Å². The fourth-order valence-electron chi connectivity index (χ4n) is 3.03. The number of amides is 1. The highest BCUT2D eigenvalue weighted by Gasteiger charge is 2.18. The van der Waals surface area contributed by atoms with Crippen LogP contribution in [-0.2, 0) is 11.2 Å². The lowest BCUT2D eigenvalue weighted by Gasteiger charge is -2.17. The largest absolute Gasteiger partial charge is 0.481 e. The molecule has 0 spiro atoms. The number of rotatable bonds is 8. The number of hydrogen-bond donors (Lipinski definition) is 1. The van der Waals surface area contributed by atoms with Crippen LogP contribution >= 0.6 is 11.6 Å². The summed E-state index contributed by atoms with van der Waals surface area (Å²) in [7, 11) is 0. The van der Waals surface area contributed by atoms with Crippen molar-refractivity contribution in [2.24, 2.45) is 0 Å². The van der Waals surface area contributed by atoms with Gasteiger partial charge < -0.3 is 10.1 Å². The maximum absolute atomic E-state index is 12.5. The summed E-state index contributed by atoms with van der Waals surface area (Å²) in [6.07, 6.45) is 1.79. The van der Waals surface area contributed by atoms with Gasteiger partial charge >= 0.3 is 0 Å². The van der Waals surface area contributed by atoms with E-state index in [0.717, 1.165) is 34.2 Å². The normalized spacial score (nSPS) is 11.9. The lowest BCUT2D eigenvalue weighted by Crippen LogP contribution is -2.38. The molecule has 1 amide bonds. The van der Waals surface area contributed by atoms with Crippen LogP contribution in [-0.4, -0.2) is 18.6 Å². The van der Waals surface area contributed by atoms with Crippen LogP contribution in [0.25, 0.3) is 10.8 Å². The van der Waals surface area contributed by atoms with Crippen LogP contribution in [0.3, 0.4) is 0 Å². The summed E-state index contributed by atoms with van der Waals surface area (Å²) in [5.74, 6) is 0.636. The van der Waals surface area contributed by atoms with E-state index in [1.54, 1.807) is 0 Å². The fraction of sp³-hybridized carbons (Fsp3) is 0.261. The number of halogens is 1. The second-order valence-electron chi connectivity index (χ2n) is 6.51. The van der Waals surface area contributed by atoms with Crippen molar-refractivity contribution >= 4 is 28.3 Å². The SMILES string of the molecule is CC[C@H](Oc1ccc2ccccc2c1)C(=O)NCCCc1ccccc1Cl. The van der Waals surface area contributed by atoms with Crippen molar-refractivity contribution in [2.75, 3.05) is 6.54 Å². The third-order valence-corrected chi connectivity index (χ3v) is 4.91. The van der Waals surface area contributed by atoms with E-state index in [1.165, 1.54) is 0 Å². The van der Waals surface area contributed by atoms with E-state index in [4.69, 9.17) is 16.3 Å². The molecule has 0 radical (unpaired) electrons. The number of ether oxygens (including phenoxy) is 1. The molecule has 0 aromatic heterocycles. The zero-order chi connectivity index (χ0) is 19.1. The van der Waals surface area contributed by atoms with E-state index in [-0.39, 0.29) is 5.91 Å². The summed E-state index contributed by atoms with van der Waals surface area (Å²) >= 11 is 6.16. The molecule has 0 saturated heterocycles. The van der Waals surface area contributed by atoms with E-state index < -0.39 is 6.10 Å². The van der Waals surface area contributed by atoms with Crippen LogP contribution in [0.15, 0.2) is 66.7 Å². The van der Waals surface area contributed by atoms with Gasteiger partial charge in [-0.3, -0.25) is 4.79 Å². The van der Waals surface area contributed by atoms with Gasteiger partial charge in [0.25, 0.3) is 5.91 Å². The highest BCUT2D eigenvalue weighted by Crippen LogP contribution is 2.22. The number of carbonyl (C=O) groups excluding carboxylic acids is 1. The maximum Gasteiger partial charge on any atom is 0.261 e. The molecular formula is C23H24ClNO2. The molecule has 140 valence electrons. The van der Waals surface area contributed by atoms with Gasteiger partial charge in [-0.15, -0.1) is 0 Å². The number of carbonyl (C=O) groups is 1. The monoisotopic (exact) mass is 381 g/mol. The lowest BCUT2D eigenvalue weighted by atomic mass is 10.1. The molecular weight excluding hydrogens is 358 g/mol. The highest BCUT2D eigenvalue weighted by atomic mass is 35.5. The summed E-state index contributed by atoms with van der Waals surface area (Å²) in [5.41, 5.74) is 1.10. The van der Waals surface area contributed by atoms with Crippen LogP contribution in [0.1, 0.15) is 25.3 Å². The first-order chi connectivity index (χ1) is 13.2. The standard InChI is InChI=1S/C23H24ClNO2/c1-2-22(27-20-14-13-17-8-3-4-10-19(17)16-20)23(26)25-15-7-11-18-9-5-6-12-21(18)24/h3-6,8-10,12-14,16,22H,2,7,11,15H2,1H3,(H,25,26)/t22-/m0/s1. The summed E-state index contributed by atoms with van der Waals surface area (Å²) < 4.78 is 5.93. The van der Waals surface area contributed by atoms with Crippen LogP contribution < -0.4 is 10.1 Å². The Kier molecular flexibility index (Phi) is 6.72. The van der Waals surface area contributed by atoms with Crippen molar-refractivity contribution in [1.82, 2.24) is 5.32 Å². The van der Waals surface area contributed by atoms with Crippen molar-refractivity contribution < 1.29 is 9.53 Å². The van der Waals surface area contributed by atoms with E-state index in [1.807, 2.05) is 67.6 Å². The highest BCUT2D eigenvalue weighted by molar-refractivity contribution is 6.31. The molecule has 0 aliphatic carbocycles. The molecule has 0 aliphatic heterocycles. The van der Waals surface area contributed by atoms with E-state index >= 15 is 0 Å². The van der Waals surface area contributed by atoms with Gasteiger partial charge in [-0.2, -0.15) is 0 Å². The topological polar surface area (TPSA) is 38.3 Å². The predicted molar refractivity (Wildman–Crippen MR) is 111 cm³/mol. The lowest BCUT2D eigenvalue weighted by molar-refractivity contribution is -0.128. The molecule has 0 fully saturated rings. The summed E-state index contributed by atoms with van der Waals surface area (Å²) in [4.78, 5) is 12.5. The van der Waals surface area contributed by atoms with Crippen molar-refractivity contribution in [1.29, 1.82) is 0 Å². The smallest absolute Gasteiger partial charge is 0.261 e. The fourth-order valence-corrected chi connectivity index (χ4v) is 3.26. The Bertz CT molecular complexity index is 910. The van der Waals surface area contributed by atoms with Gasteiger partial charge in [0.2, 0.25) is 0 Å². The van der Waals surface area contributed by atoms with Crippen LogP contribution in [0, 0.1) is 0 Å². The Morgan fingerprint density at radius 2 is 1.78 bits per heavy atom. The van der Waals surface area contributed by atoms with Crippen molar-refractivity contribution in [3.05, 3.63) is 77.3 Å². The first kappa shape index (κ1) is 19.2. The van der Waals surface area contributed by atoms with Gasteiger partial charge in [0.15, 0.2) is 6.10 Å². The average molecular weight is 382 g/mol. The molecule has 0 heterocycles. The minimum atomic E-state index is -0.494. The Hall–Kier alpha value is -2.52. The quantitative estimate of drug-likeness (QED) is 0.530. The van der Waals surface area contributed by atoms with Gasteiger partial charge in [0, 0.05) is 11.6 Å². The molecule has 3 nitrogen and oxygen atoms in total. The summed E-state index contributed by atoms with van der Waals surface area (Å²) in [6, 6.07) is 21.8. The molecule has 3 aromatic rings. The molecule has 0 unspecified atom stereocenters. The second-order valence-corrected chi connectivity index (χ2v) is 6.92. The zero-order valence-electron chi connectivity index (χ0n) is 15.5. The van der Waals surface area contributed by atoms with Crippen LogP contribution in [0.5, 0.6) is 5.75 Å². The van der Waals surface area contributed by atoms with Crippen molar-refractivity contribution in [3.8, 4) is 5.75 Å². The molecule has 0 bridgehead atoms. The van der Waals surface area contributed by atoms with Crippen molar-refractivity contribution in [3.63, 3.8) is 0 Å². The molecule has 27 heavy (non-hydrogen) atoms. The van der Waals surface area contributed by atoms with E-state index in [2.05, 4.69) is 11.4 Å². The van der Waals surface area contributed by atoms with Gasteiger partial charge in [-0.25, -0.2) is 0 Å². The van der Waals surface area contributed by atoms with Gasteiger partial charge in [-0.1, -0.05) is 67.1 Å². The van der Waals surface area contributed by atoms with Gasteiger partial charge in [0.1, 0.15) is 5.75 Å². The molecule has 3 rings (SSSR count). The number of fused-ring (bicyclic) bond motifs is 1. The second kappa shape index (κ2) is 9.43. The predicted octanol–water partition coefficient (Wildman–Crippen LogP) is 5.40. The summed E-state index contributed by atoms with van der Waals surface area (Å²) in [5, 5.41) is 6.00. The number of nitrogens with one attached hydrogen (secondary N) is 1. The van der Waals surface area contributed by atoms with E-state index in [0.29, 0.717) is 18.7 Å². The Morgan fingerprint density at radius 1 is 1.04 bits per heavy atom. The minimum absolute atomic E-state index is 0.0789. The van der Waals surface area contributed by atoms with Gasteiger partial charge in [0.05, 0.1) is 0 Å². The summed E-state index contributed by atoms with van der Waals surface area (Å²) in [6.45, 7) is 2.55.